The molecule has 0 aliphatic heterocycles. The Morgan fingerprint density at radius 2 is 2.06 bits per heavy atom. The first kappa shape index (κ1) is 12.0. The van der Waals surface area contributed by atoms with Gasteiger partial charge in [-0.15, -0.1) is 0 Å². The number of allylic oxidation sites excluding steroid dienone is 1. The smallest absolute Gasteiger partial charge is 0.0595 e. The Labute approximate surface area is 106 Å². The minimum atomic E-state index is 0.345. The van der Waals surface area contributed by atoms with Crippen LogP contribution in [-0.2, 0) is 6.42 Å². The van der Waals surface area contributed by atoms with Crippen molar-refractivity contribution in [3.8, 4) is 0 Å². The van der Waals surface area contributed by atoms with Crippen molar-refractivity contribution in [2.45, 2.75) is 31.7 Å². The van der Waals surface area contributed by atoms with Gasteiger partial charge in [0, 0.05) is 6.04 Å². The van der Waals surface area contributed by atoms with Crippen LogP contribution in [0.2, 0.25) is 10.0 Å². The molecule has 0 aromatic heterocycles. The van der Waals surface area contributed by atoms with Crippen LogP contribution in [0.1, 0.15) is 24.8 Å². The molecule has 0 saturated carbocycles. The second-order valence-corrected chi connectivity index (χ2v) is 5.14. The van der Waals surface area contributed by atoms with E-state index < -0.39 is 0 Å². The van der Waals surface area contributed by atoms with Crippen LogP contribution in [0.25, 0.3) is 0 Å². The van der Waals surface area contributed by atoms with E-state index in [1.54, 1.807) is 0 Å². The first-order valence-corrected chi connectivity index (χ1v) is 6.28. The molecule has 0 fully saturated rings. The molecule has 1 aliphatic carbocycles. The minimum Gasteiger partial charge on any atom is -0.327 e. The van der Waals surface area contributed by atoms with Crippen LogP contribution >= 0.6 is 23.2 Å². The maximum atomic E-state index is 5.98. The minimum absolute atomic E-state index is 0.345. The quantitative estimate of drug-likeness (QED) is 0.796. The second-order valence-electron chi connectivity index (χ2n) is 4.32. The van der Waals surface area contributed by atoms with Gasteiger partial charge in [0.05, 0.1) is 10.0 Å². The molecule has 0 bridgehead atoms. The van der Waals surface area contributed by atoms with Crippen molar-refractivity contribution >= 4 is 23.2 Å². The van der Waals surface area contributed by atoms with Crippen molar-refractivity contribution in [3.05, 3.63) is 45.5 Å². The van der Waals surface area contributed by atoms with Gasteiger partial charge in [0.2, 0.25) is 0 Å². The number of halogens is 2. The van der Waals surface area contributed by atoms with Crippen molar-refractivity contribution in [3.63, 3.8) is 0 Å². The molecule has 1 atom stereocenters. The lowest BCUT2D eigenvalue weighted by Crippen LogP contribution is -2.22. The maximum Gasteiger partial charge on any atom is 0.0595 e. The highest BCUT2D eigenvalue weighted by Gasteiger charge is 2.11. The summed E-state index contributed by atoms with van der Waals surface area (Å²) in [6, 6.07) is 6.18. The fraction of sp³-hybridized carbons (Fsp3) is 0.385. The fourth-order valence-electron chi connectivity index (χ4n) is 1.98. The lowest BCUT2D eigenvalue weighted by atomic mass is 9.92. The average molecular weight is 256 g/mol. The third-order valence-corrected chi connectivity index (χ3v) is 3.70. The summed E-state index contributed by atoms with van der Waals surface area (Å²) in [7, 11) is 0. The number of hydrogen-bond donors (Lipinski definition) is 1. The van der Waals surface area contributed by atoms with Crippen LogP contribution in [0.5, 0.6) is 0 Å². The molecule has 0 saturated heterocycles. The van der Waals surface area contributed by atoms with Crippen molar-refractivity contribution < 1.29 is 0 Å². The van der Waals surface area contributed by atoms with E-state index >= 15 is 0 Å². The van der Waals surface area contributed by atoms with Crippen LogP contribution in [0.3, 0.4) is 0 Å². The van der Waals surface area contributed by atoms with E-state index in [9.17, 15) is 0 Å². The van der Waals surface area contributed by atoms with Crippen LogP contribution in [0, 0.1) is 0 Å². The number of benzene rings is 1. The summed E-state index contributed by atoms with van der Waals surface area (Å²) in [5.74, 6) is 0. The Kier molecular flexibility index (Phi) is 3.91. The highest BCUT2D eigenvalue weighted by Crippen LogP contribution is 2.26. The van der Waals surface area contributed by atoms with Crippen LogP contribution in [-0.4, -0.2) is 6.04 Å². The van der Waals surface area contributed by atoms with E-state index in [2.05, 4.69) is 6.08 Å². The van der Waals surface area contributed by atoms with Crippen LogP contribution in [0.15, 0.2) is 29.8 Å². The lowest BCUT2D eigenvalue weighted by Gasteiger charge is -2.18. The topological polar surface area (TPSA) is 26.0 Å². The van der Waals surface area contributed by atoms with Crippen LogP contribution in [0.4, 0.5) is 0 Å². The molecule has 1 unspecified atom stereocenters. The van der Waals surface area contributed by atoms with Gasteiger partial charge in [0.15, 0.2) is 0 Å². The molecule has 2 rings (SSSR count). The Bertz CT molecular complexity index is 412. The molecular weight excluding hydrogens is 241 g/mol. The molecule has 1 nitrogen and oxygen atoms in total. The first-order valence-electron chi connectivity index (χ1n) is 5.52. The van der Waals surface area contributed by atoms with Gasteiger partial charge in [-0.1, -0.05) is 40.9 Å². The largest absolute Gasteiger partial charge is 0.327 e. The van der Waals surface area contributed by atoms with Gasteiger partial charge in [-0.25, -0.2) is 0 Å². The summed E-state index contributed by atoms with van der Waals surface area (Å²) in [6.45, 7) is 0. The number of nitrogens with two attached hydrogens (primary N) is 1. The molecule has 0 spiro atoms. The molecule has 16 heavy (non-hydrogen) atoms. The van der Waals surface area contributed by atoms with E-state index in [-0.39, 0.29) is 0 Å². The van der Waals surface area contributed by atoms with Crippen molar-refractivity contribution in [2.24, 2.45) is 5.73 Å². The fourth-order valence-corrected chi connectivity index (χ4v) is 2.30. The van der Waals surface area contributed by atoms with Crippen molar-refractivity contribution in [1.29, 1.82) is 0 Å². The molecule has 0 amide bonds. The van der Waals surface area contributed by atoms with E-state index in [0.29, 0.717) is 16.1 Å². The lowest BCUT2D eigenvalue weighted by molar-refractivity contribution is 0.583. The van der Waals surface area contributed by atoms with Crippen molar-refractivity contribution in [1.82, 2.24) is 0 Å². The number of hydrogen-bond acceptors (Lipinski definition) is 1. The van der Waals surface area contributed by atoms with E-state index in [0.717, 1.165) is 25.7 Å². The Morgan fingerprint density at radius 3 is 2.69 bits per heavy atom. The Hall–Kier alpha value is -0.500. The predicted octanol–water partition coefficient (Wildman–Crippen LogP) is 3.97. The van der Waals surface area contributed by atoms with Gasteiger partial charge < -0.3 is 5.73 Å². The van der Waals surface area contributed by atoms with Crippen molar-refractivity contribution in [2.75, 3.05) is 0 Å². The maximum absolute atomic E-state index is 5.98. The Morgan fingerprint density at radius 1 is 1.25 bits per heavy atom. The zero-order valence-electron chi connectivity index (χ0n) is 9.05. The van der Waals surface area contributed by atoms with E-state index in [1.165, 1.54) is 11.1 Å². The molecule has 0 heterocycles. The number of rotatable bonds is 2. The summed E-state index contributed by atoms with van der Waals surface area (Å²) >= 11 is 11.9. The van der Waals surface area contributed by atoms with Gasteiger partial charge in [-0.05, 0) is 43.4 Å². The molecule has 1 aliphatic rings. The first-order chi connectivity index (χ1) is 7.65. The molecule has 3 heteroatoms. The molecule has 2 N–H and O–H groups in total. The normalized spacial score (nSPS) is 20.7. The molecule has 0 radical (unpaired) electrons. The van der Waals surface area contributed by atoms with Gasteiger partial charge in [0.25, 0.3) is 0 Å². The van der Waals surface area contributed by atoms with Gasteiger partial charge in [-0.3, -0.25) is 0 Å². The SMILES string of the molecule is NC1CC=C(Cc2ccc(Cl)c(Cl)c2)CC1. The van der Waals surface area contributed by atoms with Gasteiger partial charge in [-0.2, -0.15) is 0 Å². The highest BCUT2D eigenvalue weighted by molar-refractivity contribution is 6.42. The zero-order valence-corrected chi connectivity index (χ0v) is 10.6. The monoisotopic (exact) mass is 255 g/mol. The second kappa shape index (κ2) is 5.22. The summed E-state index contributed by atoms with van der Waals surface area (Å²) in [4.78, 5) is 0. The third-order valence-electron chi connectivity index (χ3n) is 2.96. The highest BCUT2D eigenvalue weighted by atomic mass is 35.5. The summed E-state index contributed by atoms with van der Waals surface area (Å²) in [5.41, 5.74) is 8.53. The van der Waals surface area contributed by atoms with E-state index in [4.69, 9.17) is 28.9 Å². The molecule has 1 aromatic rings. The van der Waals surface area contributed by atoms with Crippen LogP contribution < -0.4 is 5.73 Å². The van der Waals surface area contributed by atoms with Gasteiger partial charge in [0.1, 0.15) is 0 Å². The molecule has 1 aromatic carbocycles. The van der Waals surface area contributed by atoms with E-state index in [1.807, 2.05) is 18.2 Å². The average Bonchev–Trinajstić information content (AvgIpc) is 2.27. The standard InChI is InChI=1S/C13H15Cl2N/c14-12-6-3-10(8-13(12)15)7-9-1-4-11(16)5-2-9/h1,3,6,8,11H,2,4-5,7,16H2. The molecular formula is C13H15Cl2N. The Balaban J connectivity index is 2.06. The summed E-state index contributed by atoms with van der Waals surface area (Å²) < 4.78 is 0. The summed E-state index contributed by atoms with van der Waals surface area (Å²) in [5, 5.41) is 1.25. The zero-order chi connectivity index (χ0) is 11.5. The predicted molar refractivity (Wildman–Crippen MR) is 70.1 cm³/mol. The van der Waals surface area contributed by atoms with Gasteiger partial charge >= 0.3 is 0 Å². The third kappa shape index (κ3) is 3.00. The molecule has 86 valence electrons. The summed E-state index contributed by atoms with van der Waals surface area (Å²) in [6.07, 6.45) is 6.41.